The van der Waals surface area contributed by atoms with E-state index in [0.29, 0.717) is 0 Å². The first-order chi connectivity index (χ1) is 8.92. The van der Waals surface area contributed by atoms with Crippen molar-refractivity contribution >= 4 is 0 Å². The van der Waals surface area contributed by atoms with Crippen LogP contribution in [0.2, 0.25) is 0 Å². The van der Waals surface area contributed by atoms with Crippen LogP contribution in [0.1, 0.15) is 11.1 Å². The predicted molar refractivity (Wildman–Crippen MR) is 71.8 cm³/mol. The van der Waals surface area contributed by atoms with Crippen LogP contribution in [0.5, 0.6) is 0 Å². The van der Waals surface area contributed by atoms with Gasteiger partial charge in [0.2, 0.25) is 0 Å². The van der Waals surface area contributed by atoms with Gasteiger partial charge in [0.25, 0.3) is 0 Å². The molecule has 0 N–H and O–H groups in total. The predicted octanol–water partition coefficient (Wildman–Crippen LogP) is 3.44. The third-order valence-electron chi connectivity index (χ3n) is 3.55. The summed E-state index contributed by atoms with van der Waals surface area (Å²) < 4.78 is 1.91. The number of fused-ring (bicyclic) bond motifs is 3. The van der Waals surface area contributed by atoms with Crippen LogP contribution in [0.4, 0.5) is 0 Å². The number of nitrogens with zero attached hydrogens (tertiary/aromatic N) is 2. The highest BCUT2D eigenvalue weighted by molar-refractivity contribution is 5.77. The molecule has 0 aliphatic heterocycles. The summed E-state index contributed by atoms with van der Waals surface area (Å²) >= 11 is 0. The fourth-order valence-electron chi connectivity index (χ4n) is 2.70. The number of hydrogen-bond donors (Lipinski definition) is 0. The first kappa shape index (κ1) is 9.66. The Labute approximate surface area is 106 Å². The molecule has 1 aromatic heterocycles. The molecule has 3 aromatic rings. The molecule has 0 fully saturated rings. The Hall–Kier alpha value is -2.35. The lowest BCUT2D eigenvalue weighted by Gasteiger charge is -2.05. The molecule has 0 spiro atoms. The van der Waals surface area contributed by atoms with E-state index < -0.39 is 0 Å². The van der Waals surface area contributed by atoms with E-state index in [0.717, 1.165) is 12.1 Å². The van der Waals surface area contributed by atoms with Gasteiger partial charge in [-0.2, -0.15) is 5.10 Å². The Kier molecular flexibility index (Phi) is 1.92. The highest BCUT2D eigenvalue weighted by atomic mass is 15.3. The molecule has 0 bridgehead atoms. The lowest BCUT2D eigenvalue weighted by molar-refractivity contribution is 0.879. The van der Waals surface area contributed by atoms with Crippen molar-refractivity contribution in [3.05, 3.63) is 72.1 Å². The van der Waals surface area contributed by atoms with Crippen LogP contribution < -0.4 is 0 Å². The molecule has 0 unspecified atom stereocenters. The van der Waals surface area contributed by atoms with E-state index in [1.165, 1.54) is 22.3 Å². The molecule has 2 aromatic carbocycles. The molecule has 0 amide bonds. The van der Waals surface area contributed by atoms with E-state index in [4.69, 9.17) is 0 Å². The Balaban J connectivity index is 1.87. The fourth-order valence-corrected chi connectivity index (χ4v) is 2.70. The maximum Gasteiger partial charge on any atom is 0.0648 e. The van der Waals surface area contributed by atoms with Crippen molar-refractivity contribution < 1.29 is 0 Å². The van der Waals surface area contributed by atoms with Gasteiger partial charge < -0.3 is 0 Å². The van der Waals surface area contributed by atoms with Crippen LogP contribution in [-0.4, -0.2) is 9.78 Å². The largest absolute Gasteiger partial charge is 0.241 e. The maximum atomic E-state index is 4.28. The van der Waals surface area contributed by atoms with E-state index >= 15 is 0 Å². The molecular weight excluding hydrogens is 220 g/mol. The third kappa shape index (κ3) is 1.32. The smallest absolute Gasteiger partial charge is 0.0648 e. The van der Waals surface area contributed by atoms with Crippen LogP contribution in [0.15, 0.2) is 60.9 Å². The molecule has 86 valence electrons. The minimum absolute atomic E-state index is 1.03. The molecule has 18 heavy (non-hydrogen) atoms. The summed E-state index contributed by atoms with van der Waals surface area (Å²) in [5.41, 5.74) is 6.68. The van der Waals surface area contributed by atoms with Gasteiger partial charge in [0, 0.05) is 12.4 Å². The highest BCUT2D eigenvalue weighted by Crippen LogP contribution is 2.37. The Bertz CT molecular complexity index is 712. The zero-order chi connectivity index (χ0) is 11.9. The van der Waals surface area contributed by atoms with Gasteiger partial charge in [-0.3, -0.25) is 0 Å². The average molecular weight is 232 g/mol. The topological polar surface area (TPSA) is 17.8 Å². The minimum Gasteiger partial charge on any atom is -0.241 e. The van der Waals surface area contributed by atoms with Crippen molar-refractivity contribution in [3.8, 4) is 16.8 Å². The van der Waals surface area contributed by atoms with Gasteiger partial charge in [-0.15, -0.1) is 0 Å². The van der Waals surface area contributed by atoms with Gasteiger partial charge in [-0.05, 0) is 46.9 Å². The van der Waals surface area contributed by atoms with Gasteiger partial charge in [-0.1, -0.05) is 30.3 Å². The molecule has 0 saturated carbocycles. The fraction of sp³-hybridized carbons (Fsp3) is 0.0625. The van der Waals surface area contributed by atoms with E-state index in [1.807, 2.05) is 23.1 Å². The van der Waals surface area contributed by atoms with Crippen LogP contribution in [0, 0.1) is 0 Å². The van der Waals surface area contributed by atoms with Crippen molar-refractivity contribution in [1.82, 2.24) is 9.78 Å². The monoisotopic (exact) mass is 232 g/mol. The average Bonchev–Trinajstić information content (AvgIpc) is 3.05. The Morgan fingerprint density at radius 2 is 1.78 bits per heavy atom. The van der Waals surface area contributed by atoms with Crippen LogP contribution in [0.3, 0.4) is 0 Å². The molecule has 0 radical (unpaired) electrons. The molecule has 4 rings (SSSR count). The lowest BCUT2D eigenvalue weighted by atomic mass is 10.1. The second-order valence-corrected chi connectivity index (χ2v) is 4.63. The molecule has 1 heterocycles. The first-order valence-electron chi connectivity index (χ1n) is 6.13. The normalized spacial score (nSPS) is 12.2. The molecule has 0 saturated heterocycles. The second-order valence-electron chi connectivity index (χ2n) is 4.63. The van der Waals surface area contributed by atoms with Gasteiger partial charge >= 0.3 is 0 Å². The zero-order valence-corrected chi connectivity index (χ0v) is 9.88. The lowest BCUT2D eigenvalue weighted by Crippen LogP contribution is -1.95. The van der Waals surface area contributed by atoms with Crippen molar-refractivity contribution in [1.29, 1.82) is 0 Å². The SMILES string of the molecule is c1ccc2c(c1)Cc1cc(-n3cccn3)ccc1-2. The van der Waals surface area contributed by atoms with E-state index in [1.54, 1.807) is 0 Å². The highest BCUT2D eigenvalue weighted by Gasteiger charge is 2.17. The molecule has 1 aliphatic carbocycles. The summed E-state index contributed by atoms with van der Waals surface area (Å²) in [4.78, 5) is 0. The van der Waals surface area contributed by atoms with Gasteiger partial charge in [0.1, 0.15) is 0 Å². The summed E-state index contributed by atoms with van der Waals surface area (Å²) in [6, 6.07) is 17.2. The summed E-state index contributed by atoms with van der Waals surface area (Å²) in [7, 11) is 0. The maximum absolute atomic E-state index is 4.28. The first-order valence-corrected chi connectivity index (χ1v) is 6.13. The summed E-state index contributed by atoms with van der Waals surface area (Å²) in [5, 5.41) is 4.28. The molecule has 2 nitrogen and oxygen atoms in total. The van der Waals surface area contributed by atoms with Crippen LogP contribution >= 0.6 is 0 Å². The second kappa shape index (κ2) is 3.57. The van der Waals surface area contributed by atoms with Crippen molar-refractivity contribution in [3.63, 3.8) is 0 Å². The molecule has 1 aliphatic rings. The van der Waals surface area contributed by atoms with Gasteiger partial charge in [0.15, 0.2) is 0 Å². The van der Waals surface area contributed by atoms with Crippen molar-refractivity contribution in [2.24, 2.45) is 0 Å². The minimum atomic E-state index is 1.03. The number of rotatable bonds is 1. The number of aromatic nitrogens is 2. The summed E-state index contributed by atoms with van der Waals surface area (Å²) in [6.45, 7) is 0. The zero-order valence-electron chi connectivity index (χ0n) is 9.88. The van der Waals surface area contributed by atoms with E-state index in [-0.39, 0.29) is 0 Å². The van der Waals surface area contributed by atoms with Gasteiger partial charge in [0.05, 0.1) is 5.69 Å². The van der Waals surface area contributed by atoms with Crippen LogP contribution in [0.25, 0.3) is 16.8 Å². The third-order valence-corrected chi connectivity index (χ3v) is 3.55. The van der Waals surface area contributed by atoms with E-state index in [9.17, 15) is 0 Å². The van der Waals surface area contributed by atoms with Crippen molar-refractivity contribution in [2.75, 3.05) is 0 Å². The molecular formula is C16H12N2. The van der Waals surface area contributed by atoms with E-state index in [2.05, 4.69) is 47.6 Å². The number of hydrogen-bond acceptors (Lipinski definition) is 1. The molecule has 0 atom stereocenters. The summed E-state index contributed by atoms with van der Waals surface area (Å²) in [6.07, 6.45) is 4.81. The Morgan fingerprint density at radius 3 is 2.67 bits per heavy atom. The van der Waals surface area contributed by atoms with Crippen LogP contribution in [-0.2, 0) is 6.42 Å². The standard InChI is InChI=1S/C16H12N2/c1-2-5-15-12(4-1)10-13-11-14(6-7-16(13)15)18-9-3-8-17-18/h1-9,11H,10H2. The quantitative estimate of drug-likeness (QED) is 0.491. The molecule has 2 heteroatoms. The van der Waals surface area contributed by atoms with Crippen molar-refractivity contribution in [2.45, 2.75) is 6.42 Å². The van der Waals surface area contributed by atoms with Gasteiger partial charge in [-0.25, -0.2) is 4.68 Å². The number of benzene rings is 2. The summed E-state index contributed by atoms with van der Waals surface area (Å²) in [5.74, 6) is 0. The Morgan fingerprint density at radius 1 is 0.889 bits per heavy atom.